The number of furan rings is 1. The summed E-state index contributed by atoms with van der Waals surface area (Å²) >= 11 is 0. The van der Waals surface area contributed by atoms with E-state index in [1.54, 1.807) is 0 Å². The molecule has 6 aromatic carbocycles. The summed E-state index contributed by atoms with van der Waals surface area (Å²) in [4.78, 5) is 5.19. The molecular weight excluding hydrogens is 800 g/mol. The maximum absolute atomic E-state index is 7.57. The van der Waals surface area contributed by atoms with Gasteiger partial charge in [-0.15, -0.1) is 0 Å². The smallest absolute Gasteiger partial charge is 0.257 e. The lowest BCUT2D eigenvalue weighted by Crippen LogP contribution is -2.61. The van der Waals surface area contributed by atoms with Gasteiger partial charge in [0.15, 0.2) is 0 Å². The third kappa shape index (κ3) is 5.63. The number of fused-ring (bicyclic) bond motifs is 11. The topological polar surface area (TPSA) is 19.6 Å². The molecule has 4 heteroatoms. The van der Waals surface area contributed by atoms with Crippen LogP contribution in [0.1, 0.15) is 160 Å². The molecule has 0 amide bonds. The van der Waals surface area contributed by atoms with Gasteiger partial charge in [0.25, 0.3) is 6.71 Å². The molecule has 3 heterocycles. The van der Waals surface area contributed by atoms with Crippen LogP contribution >= 0.6 is 0 Å². The quantitative estimate of drug-likeness (QED) is 0.161. The summed E-state index contributed by atoms with van der Waals surface area (Å²) in [5.41, 5.74) is 25.1. The van der Waals surface area contributed by atoms with Gasteiger partial charge in [-0.2, -0.15) is 0 Å². The predicted octanol–water partition coefficient (Wildman–Crippen LogP) is 15.1. The molecule has 0 N–H and O–H groups in total. The number of hydrogen-bond donors (Lipinski definition) is 0. The first-order valence-electron chi connectivity index (χ1n) is 24.9. The van der Waals surface area contributed by atoms with Crippen LogP contribution in [-0.2, 0) is 32.5 Å². The Morgan fingerprint density at radius 2 is 1.12 bits per heavy atom. The molecule has 2 aliphatic heterocycles. The molecule has 0 bridgehead atoms. The Bertz CT molecular complexity index is 3260. The van der Waals surface area contributed by atoms with Crippen molar-refractivity contribution in [2.75, 3.05) is 9.80 Å². The van der Waals surface area contributed by atoms with E-state index in [2.05, 4.69) is 210 Å². The van der Waals surface area contributed by atoms with Crippen molar-refractivity contribution in [2.45, 2.75) is 155 Å². The molecule has 334 valence electrons. The monoisotopic (exact) mass is 867 g/mol. The largest absolute Gasteiger partial charge is 0.440 e. The van der Waals surface area contributed by atoms with E-state index in [0.29, 0.717) is 0 Å². The van der Waals surface area contributed by atoms with E-state index < -0.39 is 0 Å². The lowest BCUT2D eigenvalue weighted by atomic mass is 9.33. The van der Waals surface area contributed by atoms with Gasteiger partial charge in [0.1, 0.15) is 5.58 Å². The minimum absolute atomic E-state index is 0.0480. The van der Waals surface area contributed by atoms with Crippen LogP contribution < -0.4 is 26.2 Å². The van der Waals surface area contributed by atoms with Crippen LogP contribution in [0.2, 0.25) is 0 Å². The van der Waals surface area contributed by atoms with Gasteiger partial charge < -0.3 is 9.32 Å². The molecule has 12 rings (SSSR count). The average Bonchev–Trinajstić information content (AvgIpc) is 3.74. The first-order valence-corrected chi connectivity index (χ1v) is 24.9. The van der Waals surface area contributed by atoms with Crippen LogP contribution in [0.5, 0.6) is 0 Å². The summed E-state index contributed by atoms with van der Waals surface area (Å²) in [6, 6.07) is 40.9. The normalized spacial score (nSPS) is 19.6. The zero-order valence-corrected chi connectivity index (χ0v) is 42.0. The third-order valence-corrected chi connectivity index (χ3v) is 17.6. The van der Waals surface area contributed by atoms with E-state index in [1.165, 1.54) is 112 Å². The molecule has 7 aromatic rings. The summed E-state index contributed by atoms with van der Waals surface area (Å²) in [5.74, 6) is 0.960. The van der Waals surface area contributed by atoms with Crippen LogP contribution in [0.25, 0.3) is 22.1 Å². The Labute approximate surface area is 394 Å². The minimum Gasteiger partial charge on any atom is -0.440 e. The summed E-state index contributed by atoms with van der Waals surface area (Å²) in [6.45, 7) is 33.7. The van der Waals surface area contributed by atoms with Gasteiger partial charge in [-0.05, 0) is 169 Å². The Balaban J connectivity index is 1.22. The number of hydrogen-bond acceptors (Lipinski definition) is 3. The molecule has 0 saturated carbocycles. The van der Waals surface area contributed by atoms with Crippen LogP contribution in [0.3, 0.4) is 0 Å². The number of benzene rings is 6. The lowest BCUT2D eigenvalue weighted by molar-refractivity contribution is 0.332. The van der Waals surface area contributed by atoms with E-state index >= 15 is 0 Å². The molecule has 0 unspecified atom stereocenters. The third-order valence-electron chi connectivity index (χ3n) is 17.6. The Hall–Kier alpha value is -5.48. The van der Waals surface area contributed by atoms with Gasteiger partial charge in [0.2, 0.25) is 5.88 Å². The molecule has 1 aromatic heterocycles. The number of anilines is 6. The molecule has 66 heavy (non-hydrogen) atoms. The highest BCUT2D eigenvalue weighted by Gasteiger charge is 2.49. The van der Waals surface area contributed by atoms with Crippen molar-refractivity contribution < 1.29 is 4.42 Å². The van der Waals surface area contributed by atoms with Crippen molar-refractivity contribution in [3.05, 3.63) is 148 Å². The van der Waals surface area contributed by atoms with Gasteiger partial charge in [-0.3, -0.25) is 4.90 Å². The van der Waals surface area contributed by atoms with Gasteiger partial charge in [0.05, 0.1) is 5.69 Å². The van der Waals surface area contributed by atoms with Crippen molar-refractivity contribution in [3.8, 4) is 11.1 Å². The zero-order valence-electron chi connectivity index (χ0n) is 42.0. The summed E-state index contributed by atoms with van der Waals surface area (Å²) < 4.78 is 7.57. The van der Waals surface area contributed by atoms with Crippen LogP contribution in [0, 0.1) is 6.92 Å². The Morgan fingerprint density at radius 1 is 0.515 bits per heavy atom. The number of aryl methyl sites for hydroxylation is 1. The highest BCUT2D eigenvalue weighted by Crippen LogP contribution is 2.57. The van der Waals surface area contributed by atoms with Gasteiger partial charge in [-0.25, -0.2) is 0 Å². The number of rotatable bonds is 2. The average molecular weight is 867 g/mol. The Kier molecular flexibility index (Phi) is 8.35. The van der Waals surface area contributed by atoms with E-state index in [-0.39, 0.29) is 39.2 Å². The van der Waals surface area contributed by atoms with Gasteiger partial charge in [0, 0.05) is 44.6 Å². The second-order valence-corrected chi connectivity index (χ2v) is 25.2. The van der Waals surface area contributed by atoms with Gasteiger partial charge in [-0.1, -0.05) is 145 Å². The first-order chi connectivity index (χ1) is 31.0. The van der Waals surface area contributed by atoms with E-state index in [0.717, 1.165) is 30.7 Å². The fourth-order valence-corrected chi connectivity index (χ4v) is 13.3. The SMILES string of the molecule is Cc1cc2c3c(c1)N(c1ccc4c(c1)C(C)(C)CCC4(C)C)c1oc4cc5c(cc4c1B3c1cc(C(C)(C)C)ccc1N2c1cccc2c1-c1ccccc1C2(C)C)C(C)(C)CCC5(C)C. The van der Waals surface area contributed by atoms with E-state index in [1.807, 2.05) is 0 Å². The maximum Gasteiger partial charge on any atom is 0.257 e. The molecule has 3 aliphatic carbocycles. The molecule has 3 nitrogen and oxygen atoms in total. The first kappa shape index (κ1) is 41.9. The fourth-order valence-electron chi connectivity index (χ4n) is 13.3. The predicted molar refractivity (Wildman–Crippen MR) is 282 cm³/mol. The van der Waals surface area contributed by atoms with Crippen molar-refractivity contribution in [1.82, 2.24) is 0 Å². The zero-order chi connectivity index (χ0) is 46.4. The molecule has 0 atom stereocenters. The summed E-state index contributed by atoms with van der Waals surface area (Å²) in [5, 5.41) is 1.25. The van der Waals surface area contributed by atoms with Crippen LogP contribution in [0.4, 0.5) is 34.3 Å². The maximum atomic E-state index is 7.57. The highest BCUT2D eigenvalue weighted by molar-refractivity contribution is 7.01. The minimum atomic E-state index is -0.122. The van der Waals surface area contributed by atoms with Crippen molar-refractivity contribution >= 4 is 68.4 Å². The van der Waals surface area contributed by atoms with Crippen LogP contribution in [0.15, 0.2) is 108 Å². The fraction of sp³-hybridized carbons (Fsp3) is 0.387. The van der Waals surface area contributed by atoms with Crippen molar-refractivity contribution in [1.29, 1.82) is 0 Å². The van der Waals surface area contributed by atoms with Crippen molar-refractivity contribution in [2.24, 2.45) is 0 Å². The van der Waals surface area contributed by atoms with Gasteiger partial charge >= 0.3 is 0 Å². The standard InChI is InChI=1S/C62H67BN2O/c1-36-30-50-55-51(31-36)65(49-21-17-20-43-53(49)39-18-15-16-19-41(39)62(43,13)14)48-25-22-37(57(2,3)4)32-47(48)63(55)54-40-34-45-46(61(11,12)29-28-60(45,9)10)35-52(40)66-56(54)64(50)38-23-24-42-44(33-38)59(7,8)27-26-58(42,5)6/h15-25,30-35H,26-29H2,1-14H3. The molecule has 0 radical (unpaired) electrons. The van der Waals surface area contributed by atoms with E-state index in [9.17, 15) is 0 Å². The number of nitrogens with zero attached hydrogens (tertiary/aromatic N) is 2. The van der Waals surface area contributed by atoms with Crippen molar-refractivity contribution in [3.63, 3.8) is 0 Å². The Morgan fingerprint density at radius 3 is 1.80 bits per heavy atom. The molecule has 0 fully saturated rings. The lowest BCUT2D eigenvalue weighted by Gasteiger charge is -2.45. The molecule has 0 saturated heterocycles. The second kappa shape index (κ2) is 13.1. The molecule has 5 aliphatic rings. The summed E-state index contributed by atoms with van der Waals surface area (Å²) in [7, 11) is 0. The molecule has 0 spiro atoms. The molecular formula is C62H67BN2O. The second-order valence-electron chi connectivity index (χ2n) is 25.2. The summed E-state index contributed by atoms with van der Waals surface area (Å²) in [6.07, 6.45) is 4.67. The highest BCUT2D eigenvalue weighted by atomic mass is 16.4. The van der Waals surface area contributed by atoms with Crippen LogP contribution in [-0.4, -0.2) is 6.71 Å². The van der Waals surface area contributed by atoms with E-state index in [4.69, 9.17) is 4.42 Å².